The molecule has 1 heterocycles. The minimum absolute atomic E-state index is 0.163. The lowest BCUT2D eigenvalue weighted by Gasteiger charge is -2.09. The van der Waals surface area contributed by atoms with Crippen LogP contribution >= 0.6 is 0 Å². The van der Waals surface area contributed by atoms with Crippen LogP contribution in [0.15, 0.2) is 64.2 Å². The molecular weight excluding hydrogens is 408 g/mol. The van der Waals surface area contributed by atoms with Crippen molar-refractivity contribution >= 4 is 11.7 Å². The zero-order valence-corrected chi connectivity index (χ0v) is 18.4. The van der Waals surface area contributed by atoms with Gasteiger partial charge in [0, 0.05) is 18.4 Å². The van der Waals surface area contributed by atoms with Gasteiger partial charge in [-0.25, -0.2) is 4.98 Å². The summed E-state index contributed by atoms with van der Waals surface area (Å²) in [7, 11) is 0. The summed E-state index contributed by atoms with van der Waals surface area (Å²) in [5.41, 5.74) is 3.18. The Labute approximate surface area is 187 Å². The van der Waals surface area contributed by atoms with E-state index >= 15 is 0 Å². The number of hydrogen-bond acceptors (Lipinski definition) is 6. The number of carbonyl (C=O) groups is 1. The normalized spacial score (nSPS) is 11.4. The maximum atomic E-state index is 11.1. The number of ether oxygens (including phenoxy) is 1. The largest absolute Gasteiger partial charge is 0.493 e. The minimum atomic E-state index is -0.936. The number of rotatable bonds is 12. The predicted molar refractivity (Wildman–Crippen MR) is 122 cm³/mol. The van der Waals surface area contributed by atoms with Crippen molar-refractivity contribution in [1.29, 1.82) is 0 Å². The van der Waals surface area contributed by atoms with Crippen molar-refractivity contribution in [2.24, 2.45) is 5.16 Å². The molecular formula is C25H28N2O5. The molecule has 0 atom stereocenters. The third-order valence-electron chi connectivity index (χ3n) is 4.67. The minimum Gasteiger partial charge on any atom is -0.493 e. The Kier molecular flexibility index (Phi) is 8.43. The van der Waals surface area contributed by atoms with Crippen molar-refractivity contribution in [3.8, 4) is 17.2 Å². The molecule has 0 saturated carbocycles. The van der Waals surface area contributed by atoms with Crippen molar-refractivity contribution in [1.82, 2.24) is 4.98 Å². The SMILES string of the molecule is CCCO/N=C(\CC(=O)O)Cc1cccc(OCCc2nc(-c3ccccc3)oc2C)c1. The fourth-order valence-corrected chi connectivity index (χ4v) is 3.14. The third kappa shape index (κ3) is 6.97. The zero-order valence-electron chi connectivity index (χ0n) is 18.4. The summed E-state index contributed by atoms with van der Waals surface area (Å²) in [5, 5.41) is 13.1. The maximum absolute atomic E-state index is 11.1. The van der Waals surface area contributed by atoms with Crippen LogP contribution in [0.3, 0.4) is 0 Å². The second-order valence-corrected chi connectivity index (χ2v) is 7.37. The molecule has 0 aliphatic heterocycles. The highest BCUT2D eigenvalue weighted by atomic mass is 16.6. The van der Waals surface area contributed by atoms with Gasteiger partial charge in [0.15, 0.2) is 0 Å². The van der Waals surface area contributed by atoms with Crippen molar-refractivity contribution in [2.45, 2.75) is 39.5 Å². The van der Waals surface area contributed by atoms with E-state index in [1.54, 1.807) is 0 Å². The molecule has 3 rings (SSSR count). The third-order valence-corrected chi connectivity index (χ3v) is 4.67. The highest BCUT2D eigenvalue weighted by Crippen LogP contribution is 2.22. The monoisotopic (exact) mass is 436 g/mol. The Morgan fingerprint density at radius 3 is 2.69 bits per heavy atom. The first kappa shape index (κ1) is 23.1. The Hall–Kier alpha value is -3.61. The van der Waals surface area contributed by atoms with Crippen LogP contribution in [0.1, 0.15) is 36.8 Å². The van der Waals surface area contributed by atoms with E-state index in [4.69, 9.17) is 19.1 Å². The van der Waals surface area contributed by atoms with Gasteiger partial charge in [0.05, 0.1) is 24.4 Å². The van der Waals surface area contributed by atoms with Crippen LogP contribution < -0.4 is 4.74 Å². The highest BCUT2D eigenvalue weighted by Gasteiger charge is 2.12. The molecule has 0 radical (unpaired) electrons. The lowest BCUT2D eigenvalue weighted by atomic mass is 10.1. The van der Waals surface area contributed by atoms with E-state index in [-0.39, 0.29) is 6.42 Å². The molecule has 0 aliphatic carbocycles. The topological polar surface area (TPSA) is 94.2 Å². The smallest absolute Gasteiger partial charge is 0.309 e. The predicted octanol–water partition coefficient (Wildman–Crippen LogP) is 5.07. The molecule has 0 saturated heterocycles. The van der Waals surface area contributed by atoms with E-state index in [9.17, 15) is 4.79 Å². The summed E-state index contributed by atoms with van der Waals surface area (Å²) in [5.74, 6) is 1.16. The van der Waals surface area contributed by atoms with Crippen LogP contribution in [0.2, 0.25) is 0 Å². The molecule has 3 aromatic rings. The lowest BCUT2D eigenvalue weighted by Crippen LogP contribution is -2.11. The second-order valence-electron chi connectivity index (χ2n) is 7.37. The summed E-state index contributed by atoms with van der Waals surface area (Å²) in [6.07, 6.45) is 1.65. The molecule has 1 aromatic heterocycles. The number of carboxylic acids is 1. The number of benzene rings is 2. The van der Waals surface area contributed by atoms with Crippen LogP contribution in [0.25, 0.3) is 11.5 Å². The van der Waals surface area contributed by atoms with Gasteiger partial charge in [-0.2, -0.15) is 0 Å². The van der Waals surface area contributed by atoms with E-state index in [1.165, 1.54) is 0 Å². The Morgan fingerprint density at radius 1 is 1.12 bits per heavy atom. The van der Waals surface area contributed by atoms with Gasteiger partial charge in [0.2, 0.25) is 5.89 Å². The molecule has 2 aromatic carbocycles. The number of oxime groups is 1. The summed E-state index contributed by atoms with van der Waals surface area (Å²) in [6.45, 7) is 4.77. The molecule has 0 spiro atoms. The van der Waals surface area contributed by atoms with Gasteiger partial charge in [-0.1, -0.05) is 42.4 Å². The number of carboxylic acid groups (broad SMARTS) is 1. The number of aliphatic carboxylic acids is 1. The van der Waals surface area contributed by atoms with Crippen LogP contribution in [-0.2, 0) is 22.5 Å². The van der Waals surface area contributed by atoms with E-state index in [0.29, 0.717) is 43.4 Å². The summed E-state index contributed by atoms with van der Waals surface area (Å²) in [4.78, 5) is 20.9. The zero-order chi connectivity index (χ0) is 22.8. The molecule has 0 aliphatic rings. The van der Waals surface area contributed by atoms with Crippen molar-refractivity contribution < 1.29 is 23.9 Å². The standard InChI is InChI=1S/C25H28N2O5/c1-3-13-31-27-21(17-24(28)29)15-19-8-7-11-22(16-19)30-14-12-23-18(2)32-25(26-23)20-9-5-4-6-10-20/h4-11,16H,3,12-15,17H2,1-2H3,(H,28,29)/b27-21-. The fraction of sp³-hybridized carbons (Fsp3) is 0.320. The molecule has 168 valence electrons. The fourth-order valence-electron chi connectivity index (χ4n) is 3.14. The van der Waals surface area contributed by atoms with E-state index < -0.39 is 5.97 Å². The highest BCUT2D eigenvalue weighted by molar-refractivity contribution is 5.99. The van der Waals surface area contributed by atoms with Crippen LogP contribution in [0, 0.1) is 6.92 Å². The van der Waals surface area contributed by atoms with E-state index in [2.05, 4.69) is 10.1 Å². The Morgan fingerprint density at radius 2 is 1.94 bits per heavy atom. The second kappa shape index (κ2) is 11.7. The van der Waals surface area contributed by atoms with Gasteiger partial charge in [0.1, 0.15) is 18.1 Å². The molecule has 7 nitrogen and oxygen atoms in total. The number of oxazole rings is 1. The van der Waals surface area contributed by atoms with Crippen LogP contribution in [-0.4, -0.2) is 35.0 Å². The maximum Gasteiger partial charge on any atom is 0.309 e. The van der Waals surface area contributed by atoms with Gasteiger partial charge >= 0.3 is 5.97 Å². The van der Waals surface area contributed by atoms with Crippen molar-refractivity contribution in [3.63, 3.8) is 0 Å². The van der Waals surface area contributed by atoms with Gasteiger partial charge in [0.25, 0.3) is 0 Å². The number of hydrogen-bond donors (Lipinski definition) is 1. The molecule has 1 N–H and O–H groups in total. The van der Waals surface area contributed by atoms with Gasteiger partial charge in [-0.15, -0.1) is 0 Å². The number of aryl methyl sites for hydroxylation is 1. The van der Waals surface area contributed by atoms with Gasteiger partial charge in [-0.05, 0) is 43.2 Å². The Bertz CT molecular complexity index is 1040. The van der Waals surface area contributed by atoms with Crippen molar-refractivity contribution in [2.75, 3.05) is 13.2 Å². The first-order chi connectivity index (χ1) is 15.5. The lowest BCUT2D eigenvalue weighted by molar-refractivity contribution is -0.135. The van der Waals surface area contributed by atoms with E-state index in [1.807, 2.05) is 68.4 Å². The van der Waals surface area contributed by atoms with Crippen LogP contribution in [0.4, 0.5) is 0 Å². The van der Waals surface area contributed by atoms with Crippen LogP contribution in [0.5, 0.6) is 5.75 Å². The van der Waals surface area contributed by atoms with Gasteiger partial charge in [-0.3, -0.25) is 4.79 Å². The summed E-state index contributed by atoms with van der Waals surface area (Å²) in [6, 6.07) is 17.3. The summed E-state index contributed by atoms with van der Waals surface area (Å²) < 4.78 is 11.7. The molecule has 32 heavy (non-hydrogen) atoms. The first-order valence-corrected chi connectivity index (χ1v) is 10.7. The molecule has 0 amide bonds. The average Bonchev–Trinajstić information content (AvgIpc) is 3.15. The Balaban J connectivity index is 1.58. The number of aromatic nitrogens is 1. The average molecular weight is 437 g/mol. The molecule has 0 unspecified atom stereocenters. The first-order valence-electron chi connectivity index (χ1n) is 10.7. The quantitative estimate of drug-likeness (QED) is 0.242. The van der Waals surface area contributed by atoms with E-state index in [0.717, 1.165) is 29.0 Å². The van der Waals surface area contributed by atoms with Crippen molar-refractivity contribution in [3.05, 3.63) is 71.6 Å². The molecule has 7 heteroatoms. The molecule has 0 bridgehead atoms. The molecule has 0 fully saturated rings. The van der Waals surface area contributed by atoms with Gasteiger partial charge < -0.3 is 19.1 Å². The number of nitrogens with zero attached hydrogens (tertiary/aromatic N) is 2. The summed E-state index contributed by atoms with van der Waals surface area (Å²) >= 11 is 0.